The first-order valence-corrected chi connectivity index (χ1v) is 18.0. The molecule has 2 bridgehead atoms. The van der Waals surface area contributed by atoms with Gasteiger partial charge in [-0.05, 0) is 105 Å². The number of ether oxygens (including phenoxy) is 1. The Kier molecular flexibility index (Phi) is 7.21. The Balaban J connectivity index is 1.13. The standard InChI is InChI=1S/C40H43N7O4/c1-40(2,50)21-47-30-12-8-23(15-24(30)10-14-34(47)48)28-11-7-25-17-32(45(37(25)42-28)19-22-5-6-22)38-43-29-16-27(18-33(51-4)36(29)44(38)3)39(49)46-20-26-9-13-31(46)35(26)41/h7-8,10-12,14-18,22,26,31,35,50H,5-6,9,13,19-21,41H2,1-4H3/t26?,31?,35-/m1/s1. The van der Waals surface area contributed by atoms with Crippen LogP contribution in [0.5, 0.6) is 5.75 Å². The predicted molar refractivity (Wildman–Crippen MR) is 198 cm³/mol. The maximum absolute atomic E-state index is 13.8. The monoisotopic (exact) mass is 685 g/mol. The highest BCUT2D eigenvalue weighted by Gasteiger charge is 2.47. The van der Waals surface area contributed by atoms with Crippen LogP contribution in [0.15, 0.2) is 65.5 Å². The zero-order valence-corrected chi connectivity index (χ0v) is 29.5. The van der Waals surface area contributed by atoms with Gasteiger partial charge in [-0.15, -0.1) is 0 Å². The fourth-order valence-corrected chi connectivity index (χ4v) is 8.50. The molecular weight excluding hydrogens is 642 g/mol. The summed E-state index contributed by atoms with van der Waals surface area (Å²) in [7, 11) is 3.63. The maximum Gasteiger partial charge on any atom is 0.254 e. The number of rotatable bonds is 8. The highest BCUT2D eigenvalue weighted by Crippen LogP contribution is 2.40. The molecule has 11 nitrogen and oxygen atoms in total. The minimum absolute atomic E-state index is 0.0150. The summed E-state index contributed by atoms with van der Waals surface area (Å²) in [5, 5.41) is 12.4. The Bertz CT molecular complexity index is 2450. The molecule has 51 heavy (non-hydrogen) atoms. The number of aryl methyl sites for hydroxylation is 1. The number of fused-ring (bicyclic) bond motifs is 5. The maximum atomic E-state index is 13.8. The molecule has 2 aliphatic carbocycles. The highest BCUT2D eigenvalue weighted by atomic mass is 16.5. The summed E-state index contributed by atoms with van der Waals surface area (Å²) in [5.41, 5.74) is 11.8. The van der Waals surface area contributed by atoms with Crippen molar-refractivity contribution >= 4 is 38.9 Å². The van der Waals surface area contributed by atoms with Crippen molar-refractivity contribution < 1.29 is 14.6 Å². The van der Waals surface area contributed by atoms with Gasteiger partial charge in [0.15, 0.2) is 5.82 Å². The van der Waals surface area contributed by atoms with Crippen molar-refractivity contribution in [2.24, 2.45) is 24.6 Å². The second-order valence-corrected chi connectivity index (χ2v) is 15.5. The number of piperidine rings is 1. The van der Waals surface area contributed by atoms with Crippen LogP contribution >= 0.6 is 0 Å². The molecule has 4 aromatic heterocycles. The number of aromatic nitrogens is 5. The average molecular weight is 686 g/mol. The first-order valence-electron chi connectivity index (χ1n) is 18.0. The van der Waals surface area contributed by atoms with Crippen LogP contribution in [0.1, 0.15) is 49.9 Å². The number of nitrogens with two attached hydrogens (primary N) is 1. The first kappa shape index (κ1) is 31.9. The van der Waals surface area contributed by atoms with Crippen LogP contribution in [-0.2, 0) is 20.1 Å². The van der Waals surface area contributed by atoms with Gasteiger partial charge in [0.2, 0.25) is 0 Å². The number of carbonyl (C=O) groups excluding carboxylic acids is 1. The molecule has 3 aliphatic rings. The largest absolute Gasteiger partial charge is 0.494 e. The van der Waals surface area contributed by atoms with Gasteiger partial charge in [0.25, 0.3) is 11.5 Å². The van der Waals surface area contributed by atoms with E-state index >= 15 is 0 Å². The Morgan fingerprint density at radius 3 is 2.49 bits per heavy atom. The molecule has 0 radical (unpaired) electrons. The number of imidazole rings is 1. The summed E-state index contributed by atoms with van der Waals surface area (Å²) >= 11 is 0. The molecule has 2 aromatic carbocycles. The fourth-order valence-electron chi connectivity index (χ4n) is 8.50. The van der Waals surface area contributed by atoms with Crippen molar-refractivity contribution in [2.75, 3.05) is 13.7 Å². The molecule has 2 unspecified atom stereocenters. The Hall–Kier alpha value is -5.00. The van der Waals surface area contributed by atoms with E-state index in [9.17, 15) is 14.7 Å². The van der Waals surface area contributed by atoms with E-state index < -0.39 is 5.60 Å². The number of likely N-dealkylation sites (tertiary alicyclic amines) is 1. The summed E-state index contributed by atoms with van der Waals surface area (Å²) in [6, 6.07) is 19.5. The van der Waals surface area contributed by atoms with E-state index in [0.29, 0.717) is 35.2 Å². The summed E-state index contributed by atoms with van der Waals surface area (Å²) < 4.78 is 11.9. The van der Waals surface area contributed by atoms with Crippen LogP contribution in [0, 0.1) is 11.8 Å². The van der Waals surface area contributed by atoms with Gasteiger partial charge in [-0.25, -0.2) is 9.97 Å². The molecule has 0 spiro atoms. The first-order chi connectivity index (χ1) is 24.5. The zero-order valence-electron chi connectivity index (χ0n) is 29.5. The lowest BCUT2D eigenvalue weighted by molar-refractivity contribution is 0.0617. The molecule has 3 atom stereocenters. The number of aliphatic hydroxyl groups is 1. The van der Waals surface area contributed by atoms with E-state index in [1.165, 1.54) is 12.8 Å². The topological polar surface area (TPSA) is 133 Å². The third kappa shape index (κ3) is 5.33. The van der Waals surface area contributed by atoms with Crippen LogP contribution < -0.4 is 16.0 Å². The summed E-state index contributed by atoms with van der Waals surface area (Å²) in [6.07, 6.45) is 4.40. The van der Waals surface area contributed by atoms with Crippen molar-refractivity contribution in [3.05, 3.63) is 76.6 Å². The number of carbonyl (C=O) groups is 1. The van der Waals surface area contributed by atoms with E-state index in [2.05, 4.69) is 27.3 Å². The lowest BCUT2D eigenvalue weighted by atomic mass is 10.1. The molecule has 1 amide bonds. The third-order valence-corrected chi connectivity index (χ3v) is 11.3. The van der Waals surface area contributed by atoms with E-state index in [1.54, 1.807) is 31.6 Å². The van der Waals surface area contributed by atoms with Crippen LogP contribution in [0.2, 0.25) is 0 Å². The van der Waals surface area contributed by atoms with Crippen LogP contribution in [-0.4, -0.2) is 70.9 Å². The lowest BCUT2D eigenvalue weighted by Crippen LogP contribution is -2.41. The predicted octanol–water partition coefficient (Wildman–Crippen LogP) is 5.32. The van der Waals surface area contributed by atoms with Crippen molar-refractivity contribution in [3.8, 4) is 28.5 Å². The molecule has 3 fully saturated rings. The fraction of sp³-hybridized carbons (Fsp3) is 0.400. The summed E-state index contributed by atoms with van der Waals surface area (Å²) in [6.45, 7) is 5.14. The minimum Gasteiger partial charge on any atom is -0.494 e. The number of benzene rings is 2. The van der Waals surface area contributed by atoms with Gasteiger partial charge in [-0.3, -0.25) is 9.59 Å². The molecule has 5 heterocycles. The van der Waals surface area contributed by atoms with E-state index in [-0.39, 0.29) is 30.1 Å². The minimum atomic E-state index is -1.03. The summed E-state index contributed by atoms with van der Waals surface area (Å²) in [4.78, 5) is 38.9. The van der Waals surface area contributed by atoms with Gasteiger partial charge in [0.1, 0.15) is 16.9 Å². The second kappa shape index (κ2) is 11.5. The quantitative estimate of drug-likeness (QED) is 0.222. The lowest BCUT2D eigenvalue weighted by Gasteiger charge is -2.27. The second-order valence-electron chi connectivity index (χ2n) is 15.5. The van der Waals surface area contributed by atoms with E-state index in [1.807, 2.05) is 48.3 Å². The van der Waals surface area contributed by atoms with Crippen LogP contribution in [0.4, 0.5) is 0 Å². The van der Waals surface area contributed by atoms with Gasteiger partial charge in [0, 0.05) is 54.8 Å². The smallest absolute Gasteiger partial charge is 0.254 e. The molecule has 262 valence electrons. The normalized spacial score (nSPS) is 20.4. The number of amides is 1. The van der Waals surface area contributed by atoms with Crippen molar-refractivity contribution in [1.29, 1.82) is 0 Å². The molecular formula is C40H43N7O4. The van der Waals surface area contributed by atoms with E-state index in [0.717, 1.165) is 69.6 Å². The van der Waals surface area contributed by atoms with Crippen LogP contribution in [0.3, 0.4) is 0 Å². The van der Waals surface area contributed by atoms with Gasteiger partial charge >= 0.3 is 0 Å². The Morgan fingerprint density at radius 1 is 0.980 bits per heavy atom. The molecule has 6 aromatic rings. The average Bonchev–Trinajstić information content (AvgIpc) is 3.51. The summed E-state index contributed by atoms with van der Waals surface area (Å²) in [5.74, 6) is 2.33. The molecule has 11 heteroatoms. The third-order valence-electron chi connectivity index (χ3n) is 11.3. The highest BCUT2D eigenvalue weighted by molar-refractivity contribution is 6.00. The Labute approximate surface area is 295 Å². The molecule has 2 saturated carbocycles. The van der Waals surface area contributed by atoms with Gasteiger partial charge in [-0.1, -0.05) is 6.07 Å². The zero-order chi connectivity index (χ0) is 35.3. The number of hydrogen-bond donors (Lipinski definition) is 2. The molecule has 9 rings (SSSR count). The number of pyridine rings is 2. The number of hydrogen-bond acceptors (Lipinski definition) is 7. The molecule has 3 N–H and O–H groups in total. The SMILES string of the molecule is COc1cc(C(=O)N2CC3CCC2[C@@H]3N)cc2nc(-c3cc4ccc(-c5ccc6c(ccc(=O)n6CC(C)(C)O)c5)nc4n3CC3CC3)n(C)c12. The van der Waals surface area contributed by atoms with Crippen molar-refractivity contribution in [2.45, 2.75) is 70.3 Å². The van der Waals surface area contributed by atoms with Crippen LogP contribution in [0.25, 0.3) is 55.7 Å². The van der Waals surface area contributed by atoms with Crippen molar-refractivity contribution in [3.63, 3.8) is 0 Å². The van der Waals surface area contributed by atoms with Gasteiger partial charge in [0.05, 0.1) is 41.7 Å². The Morgan fingerprint density at radius 2 is 1.78 bits per heavy atom. The van der Waals surface area contributed by atoms with Gasteiger partial charge in [-0.2, -0.15) is 0 Å². The number of nitrogens with zero attached hydrogens (tertiary/aromatic N) is 6. The van der Waals surface area contributed by atoms with Crippen molar-refractivity contribution in [1.82, 2.24) is 28.6 Å². The van der Waals surface area contributed by atoms with Gasteiger partial charge < -0.3 is 34.2 Å². The number of methoxy groups -OCH3 is 1. The molecule has 1 saturated heterocycles. The molecule has 1 aliphatic heterocycles. The van der Waals surface area contributed by atoms with E-state index in [4.69, 9.17) is 20.4 Å².